The van der Waals surface area contributed by atoms with Crippen molar-refractivity contribution in [2.24, 2.45) is 5.41 Å². The third kappa shape index (κ3) is 7.02. The van der Waals surface area contributed by atoms with E-state index in [9.17, 15) is 0 Å². The van der Waals surface area contributed by atoms with Crippen molar-refractivity contribution in [3.63, 3.8) is 0 Å². The minimum atomic E-state index is 0.325. The first-order chi connectivity index (χ1) is 9.72. The van der Waals surface area contributed by atoms with Crippen molar-refractivity contribution in [1.29, 1.82) is 0 Å². The Kier molecular flexibility index (Phi) is 9.44. The summed E-state index contributed by atoms with van der Waals surface area (Å²) < 4.78 is 5.55. The summed E-state index contributed by atoms with van der Waals surface area (Å²) in [7, 11) is 2.23. The maximum atomic E-state index is 8.82. The van der Waals surface area contributed by atoms with E-state index < -0.39 is 0 Å². The second-order valence-corrected chi connectivity index (χ2v) is 6.31. The first kappa shape index (κ1) is 17.9. The molecule has 1 aliphatic rings. The fourth-order valence-corrected chi connectivity index (χ4v) is 3.05. The van der Waals surface area contributed by atoms with Crippen LogP contribution in [0.15, 0.2) is 0 Å². The van der Waals surface area contributed by atoms with Gasteiger partial charge < -0.3 is 20.1 Å². The zero-order valence-corrected chi connectivity index (χ0v) is 13.5. The van der Waals surface area contributed by atoms with Crippen LogP contribution in [0.4, 0.5) is 0 Å². The standard InChI is InChI=1S/C16H34N2O2/c1-3-9-17-14-16(7-12-20-13-8-16)15-18(2)10-5-4-6-11-19/h17,19H,3-15H2,1-2H3. The van der Waals surface area contributed by atoms with Crippen molar-refractivity contribution < 1.29 is 9.84 Å². The summed E-state index contributed by atoms with van der Waals surface area (Å²) in [6.07, 6.45) is 6.79. The molecule has 0 aliphatic carbocycles. The lowest BCUT2D eigenvalue weighted by molar-refractivity contribution is -0.000687. The molecule has 1 saturated heterocycles. The average Bonchev–Trinajstić information content (AvgIpc) is 2.45. The van der Waals surface area contributed by atoms with Gasteiger partial charge in [-0.05, 0) is 64.1 Å². The molecule has 4 nitrogen and oxygen atoms in total. The summed E-state index contributed by atoms with van der Waals surface area (Å²) in [4.78, 5) is 2.47. The van der Waals surface area contributed by atoms with Gasteiger partial charge in [0.2, 0.25) is 0 Å². The molecule has 20 heavy (non-hydrogen) atoms. The van der Waals surface area contributed by atoms with Crippen LogP contribution in [-0.4, -0.2) is 63.1 Å². The molecule has 2 N–H and O–H groups in total. The summed E-state index contributed by atoms with van der Waals surface area (Å²) in [5, 5.41) is 12.4. The molecule has 1 aliphatic heterocycles. The zero-order valence-electron chi connectivity index (χ0n) is 13.5. The molecular weight excluding hydrogens is 252 g/mol. The van der Waals surface area contributed by atoms with Gasteiger partial charge in [-0.1, -0.05) is 6.92 Å². The number of hydrogen-bond donors (Lipinski definition) is 2. The Morgan fingerprint density at radius 1 is 1.20 bits per heavy atom. The van der Waals surface area contributed by atoms with Gasteiger partial charge in [-0.3, -0.25) is 0 Å². The van der Waals surface area contributed by atoms with E-state index in [1.165, 1.54) is 25.7 Å². The van der Waals surface area contributed by atoms with Crippen molar-refractivity contribution in [3.8, 4) is 0 Å². The van der Waals surface area contributed by atoms with Gasteiger partial charge >= 0.3 is 0 Å². The minimum Gasteiger partial charge on any atom is -0.396 e. The van der Waals surface area contributed by atoms with E-state index in [1.807, 2.05) is 0 Å². The summed E-state index contributed by atoms with van der Waals surface area (Å²) in [5.74, 6) is 0. The Labute approximate surface area is 124 Å². The predicted molar refractivity (Wildman–Crippen MR) is 84.1 cm³/mol. The number of nitrogens with one attached hydrogen (secondary N) is 1. The van der Waals surface area contributed by atoms with E-state index in [-0.39, 0.29) is 0 Å². The number of nitrogens with zero attached hydrogens (tertiary/aromatic N) is 1. The number of ether oxygens (including phenoxy) is 1. The van der Waals surface area contributed by atoms with Gasteiger partial charge in [0.05, 0.1) is 0 Å². The van der Waals surface area contributed by atoms with Gasteiger partial charge in [0.25, 0.3) is 0 Å². The van der Waals surface area contributed by atoms with E-state index in [0.29, 0.717) is 12.0 Å². The SMILES string of the molecule is CCCNCC1(CN(C)CCCCCO)CCOCC1. The lowest BCUT2D eigenvalue weighted by Gasteiger charge is -2.40. The molecule has 0 aromatic rings. The normalized spacial score (nSPS) is 18.6. The molecule has 0 aromatic heterocycles. The third-order valence-electron chi connectivity index (χ3n) is 4.28. The second kappa shape index (κ2) is 10.6. The molecule has 1 fully saturated rings. The van der Waals surface area contributed by atoms with Gasteiger partial charge in [0.1, 0.15) is 0 Å². The molecule has 0 aromatic carbocycles. The van der Waals surface area contributed by atoms with Crippen LogP contribution in [0.3, 0.4) is 0 Å². The monoisotopic (exact) mass is 286 g/mol. The Bertz CT molecular complexity index is 231. The Morgan fingerprint density at radius 2 is 1.95 bits per heavy atom. The average molecular weight is 286 g/mol. The molecular formula is C16H34N2O2. The number of hydrogen-bond acceptors (Lipinski definition) is 4. The van der Waals surface area contributed by atoms with Crippen LogP contribution in [0, 0.1) is 5.41 Å². The fourth-order valence-electron chi connectivity index (χ4n) is 3.05. The maximum Gasteiger partial charge on any atom is 0.0472 e. The lowest BCUT2D eigenvalue weighted by atomic mass is 9.79. The minimum absolute atomic E-state index is 0.325. The molecule has 0 bridgehead atoms. The van der Waals surface area contributed by atoms with Gasteiger partial charge in [-0.15, -0.1) is 0 Å². The van der Waals surface area contributed by atoms with Gasteiger partial charge in [-0.25, -0.2) is 0 Å². The Morgan fingerprint density at radius 3 is 2.60 bits per heavy atom. The van der Waals surface area contributed by atoms with Crippen molar-refractivity contribution in [3.05, 3.63) is 0 Å². The van der Waals surface area contributed by atoms with Gasteiger partial charge in [0, 0.05) is 32.9 Å². The summed E-state index contributed by atoms with van der Waals surface area (Å²) in [6.45, 7) is 8.89. The molecule has 0 radical (unpaired) electrons. The number of unbranched alkanes of at least 4 members (excludes halogenated alkanes) is 2. The fraction of sp³-hybridized carbons (Fsp3) is 1.00. The molecule has 4 heteroatoms. The number of aliphatic hydroxyl groups excluding tert-OH is 1. The smallest absolute Gasteiger partial charge is 0.0472 e. The van der Waals surface area contributed by atoms with Crippen molar-refractivity contribution in [2.75, 3.05) is 53.0 Å². The first-order valence-corrected chi connectivity index (χ1v) is 8.30. The summed E-state index contributed by atoms with van der Waals surface area (Å²) in [5.41, 5.74) is 0.388. The second-order valence-electron chi connectivity index (χ2n) is 6.31. The topological polar surface area (TPSA) is 44.7 Å². The highest BCUT2D eigenvalue weighted by atomic mass is 16.5. The number of rotatable bonds is 11. The predicted octanol–water partition coefficient (Wildman–Crippen LogP) is 1.88. The van der Waals surface area contributed by atoms with Crippen LogP contribution in [0.25, 0.3) is 0 Å². The van der Waals surface area contributed by atoms with Crippen LogP contribution in [0.2, 0.25) is 0 Å². The molecule has 0 unspecified atom stereocenters. The van der Waals surface area contributed by atoms with Crippen LogP contribution >= 0.6 is 0 Å². The van der Waals surface area contributed by atoms with Crippen LogP contribution in [0.5, 0.6) is 0 Å². The van der Waals surface area contributed by atoms with Crippen molar-refractivity contribution in [2.45, 2.75) is 45.4 Å². The lowest BCUT2D eigenvalue weighted by Crippen LogP contribution is -2.46. The van der Waals surface area contributed by atoms with Crippen LogP contribution in [-0.2, 0) is 4.74 Å². The molecule has 0 saturated carbocycles. The quantitative estimate of drug-likeness (QED) is 0.569. The van der Waals surface area contributed by atoms with Crippen LogP contribution < -0.4 is 5.32 Å². The zero-order chi connectivity index (χ0) is 14.7. The molecule has 1 heterocycles. The molecule has 120 valence electrons. The van der Waals surface area contributed by atoms with Crippen molar-refractivity contribution >= 4 is 0 Å². The third-order valence-corrected chi connectivity index (χ3v) is 4.28. The summed E-state index contributed by atoms with van der Waals surface area (Å²) >= 11 is 0. The highest BCUT2D eigenvalue weighted by molar-refractivity contribution is 4.86. The highest BCUT2D eigenvalue weighted by Crippen LogP contribution is 2.30. The first-order valence-electron chi connectivity index (χ1n) is 8.30. The highest BCUT2D eigenvalue weighted by Gasteiger charge is 2.33. The summed E-state index contributed by atoms with van der Waals surface area (Å²) in [6, 6.07) is 0. The largest absolute Gasteiger partial charge is 0.396 e. The van der Waals surface area contributed by atoms with E-state index in [4.69, 9.17) is 9.84 Å². The molecule has 0 amide bonds. The van der Waals surface area contributed by atoms with Gasteiger partial charge in [-0.2, -0.15) is 0 Å². The Hall–Kier alpha value is -0.160. The molecule has 0 atom stereocenters. The van der Waals surface area contributed by atoms with E-state index in [1.54, 1.807) is 0 Å². The van der Waals surface area contributed by atoms with Gasteiger partial charge in [0.15, 0.2) is 0 Å². The van der Waals surface area contributed by atoms with E-state index >= 15 is 0 Å². The van der Waals surface area contributed by atoms with Crippen molar-refractivity contribution in [1.82, 2.24) is 10.2 Å². The molecule has 1 rings (SSSR count). The Balaban J connectivity index is 2.34. The number of aliphatic hydroxyl groups is 1. The maximum absolute atomic E-state index is 8.82. The van der Waals surface area contributed by atoms with E-state index in [2.05, 4.69) is 24.2 Å². The van der Waals surface area contributed by atoms with Crippen LogP contribution in [0.1, 0.15) is 45.4 Å². The molecule has 0 spiro atoms. The van der Waals surface area contributed by atoms with E-state index in [0.717, 1.165) is 52.2 Å².